The van der Waals surface area contributed by atoms with Crippen LogP contribution in [-0.2, 0) is 11.3 Å². The third-order valence-electron chi connectivity index (χ3n) is 6.56. The Morgan fingerprint density at radius 3 is 2.47 bits per heavy atom. The van der Waals surface area contributed by atoms with Gasteiger partial charge in [-0.15, -0.1) is 0 Å². The standard InChI is InChI=1S/C27H33ClN4O2/c1-18(2)26(31-16-24(33)22-5-3-4-20(14-22)15-29)27(34)25(30)21-10-12-32(13-11-21)17-19-6-8-23(28)9-7-19/h3-9,14,18,21,25-26,31H,10-13,16-17,30H2,1-2H3/t25?,26-/m0/s1. The van der Waals surface area contributed by atoms with Crippen LogP contribution in [0.2, 0.25) is 5.02 Å². The number of likely N-dealkylation sites (tertiary alicyclic amines) is 1. The van der Waals surface area contributed by atoms with E-state index in [9.17, 15) is 9.59 Å². The lowest BCUT2D eigenvalue weighted by Crippen LogP contribution is -2.54. The molecule has 1 heterocycles. The van der Waals surface area contributed by atoms with Crippen molar-refractivity contribution in [3.8, 4) is 6.07 Å². The number of benzene rings is 2. The lowest BCUT2D eigenvalue weighted by Gasteiger charge is -2.35. The van der Waals surface area contributed by atoms with Crippen LogP contribution in [0.15, 0.2) is 48.5 Å². The van der Waals surface area contributed by atoms with Gasteiger partial charge in [0.1, 0.15) is 0 Å². The van der Waals surface area contributed by atoms with E-state index in [4.69, 9.17) is 22.6 Å². The highest BCUT2D eigenvalue weighted by atomic mass is 35.5. The smallest absolute Gasteiger partial charge is 0.176 e. The lowest BCUT2D eigenvalue weighted by molar-refractivity contribution is -0.124. The van der Waals surface area contributed by atoms with E-state index in [1.165, 1.54) is 5.56 Å². The summed E-state index contributed by atoms with van der Waals surface area (Å²) in [7, 11) is 0. The number of nitrogens with zero attached hydrogens (tertiary/aromatic N) is 2. The van der Waals surface area contributed by atoms with Crippen molar-refractivity contribution in [3.63, 3.8) is 0 Å². The molecule has 0 radical (unpaired) electrons. The summed E-state index contributed by atoms with van der Waals surface area (Å²) in [5.74, 6) is -0.0637. The maximum atomic E-state index is 13.3. The number of rotatable bonds is 10. The molecule has 0 spiro atoms. The molecule has 0 saturated carbocycles. The SMILES string of the molecule is CC(C)[C@H](NCC(=O)c1cccc(C#N)c1)C(=O)C(N)C1CCN(Cc2ccc(Cl)cc2)CC1. The van der Waals surface area contributed by atoms with Gasteiger partial charge in [-0.3, -0.25) is 19.8 Å². The Hall–Kier alpha value is -2.56. The summed E-state index contributed by atoms with van der Waals surface area (Å²) in [5.41, 5.74) is 8.57. The minimum atomic E-state index is -0.561. The highest BCUT2D eigenvalue weighted by Crippen LogP contribution is 2.23. The van der Waals surface area contributed by atoms with Crippen molar-refractivity contribution < 1.29 is 9.59 Å². The first kappa shape index (κ1) is 26.1. The zero-order chi connectivity index (χ0) is 24.7. The summed E-state index contributed by atoms with van der Waals surface area (Å²) in [4.78, 5) is 28.3. The van der Waals surface area contributed by atoms with Crippen LogP contribution in [0.1, 0.15) is 48.2 Å². The molecule has 0 amide bonds. The third-order valence-corrected chi connectivity index (χ3v) is 6.81. The summed E-state index contributed by atoms with van der Waals surface area (Å²) in [6, 6.07) is 15.5. The van der Waals surface area contributed by atoms with Gasteiger partial charge in [-0.1, -0.05) is 49.7 Å². The molecule has 1 aliphatic rings. The first-order valence-corrected chi connectivity index (χ1v) is 12.2. The van der Waals surface area contributed by atoms with Crippen LogP contribution in [0, 0.1) is 23.2 Å². The second-order valence-corrected chi connectivity index (χ2v) is 9.82. The van der Waals surface area contributed by atoms with E-state index in [1.54, 1.807) is 24.3 Å². The number of nitrogens with two attached hydrogens (primary N) is 1. The van der Waals surface area contributed by atoms with Gasteiger partial charge in [-0.25, -0.2) is 0 Å². The van der Waals surface area contributed by atoms with Gasteiger partial charge >= 0.3 is 0 Å². The minimum absolute atomic E-state index is 0.00165. The van der Waals surface area contributed by atoms with Gasteiger partial charge in [0.05, 0.1) is 30.3 Å². The van der Waals surface area contributed by atoms with E-state index in [-0.39, 0.29) is 29.9 Å². The first-order valence-electron chi connectivity index (χ1n) is 11.8. The van der Waals surface area contributed by atoms with Gasteiger partial charge < -0.3 is 5.73 Å². The van der Waals surface area contributed by atoms with Crippen LogP contribution >= 0.6 is 11.6 Å². The van der Waals surface area contributed by atoms with Gasteiger partial charge in [0.15, 0.2) is 11.6 Å². The third kappa shape index (κ3) is 6.97. The number of halogens is 1. The predicted octanol–water partition coefficient (Wildman–Crippen LogP) is 3.82. The Labute approximate surface area is 207 Å². The Morgan fingerprint density at radius 2 is 1.85 bits per heavy atom. The van der Waals surface area contributed by atoms with Crippen molar-refractivity contribution in [1.29, 1.82) is 5.26 Å². The van der Waals surface area contributed by atoms with Crippen LogP contribution in [-0.4, -0.2) is 48.2 Å². The molecule has 1 unspecified atom stereocenters. The van der Waals surface area contributed by atoms with Gasteiger partial charge in [0.25, 0.3) is 0 Å². The van der Waals surface area contributed by atoms with E-state index in [0.717, 1.165) is 37.5 Å². The first-order chi connectivity index (χ1) is 16.3. The summed E-state index contributed by atoms with van der Waals surface area (Å²) in [6.07, 6.45) is 1.73. The number of carbonyl (C=O) groups is 2. The Bertz CT molecular complexity index is 1020. The fourth-order valence-electron chi connectivity index (χ4n) is 4.49. The van der Waals surface area contributed by atoms with Crippen molar-refractivity contribution in [1.82, 2.24) is 10.2 Å². The van der Waals surface area contributed by atoms with Crippen molar-refractivity contribution in [2.75, 3.05) is 19.6 Å². The van der Waals surface area contributed by atoms with Crippen LogP contribution in [0.25, 0.3) is 0 Å². The van der Waals surface area contributed by atoms with Crippen LogP contribution in [0.5, 0.6) is 0 Å². The molecule has 6 nitrogen and oxygen atoms in total. The molecule has 180 valence electrons. The van der Waals surface area contributed by atoms with Gasteiger partial charge in [-0.2, -0.15) is 5.26 Å². The molecule has 7 heteroatoms. The molecule has 34 heavy (non-hydrogen) atoms. The van der Waals surface area contributed by atoms with E-state index in [0.29, 0.717) is 11.1 Å². The number of carbonyl (C=O) groups excluding carboxylic acids is 2. The average molecular weight is 481 g/mol. The summed E-state index contributed by atoms with van der Waals surface area (Å²) in [5, 5.41) is 12.9. The highest BCUT2D eigenvalue weighted by Gasteiger charge is 2.34. The zero-order valence-electron chi connectivity index (χ0n) is 19.8. The maximum Gasteiger partial charge on any atom is 0.176 e. The fraction of sp³-hybridized carbons (Fsp3) is 0.444. The predicted molar refractivity (Wildman–Crippen MR) is 135 cm³/mol. The number of nitriles is 1. The van der Waals surface area contributed by atoms with E-state index >= 15 is 0 Å². The molecule has 2 aromatic carbocycles. The second-order valence-electron chi connectivity index (χ2n) is 9.39. The molecule has 1 saturated heterocycles. The molecule has 2 aromatic rings. The summed E-state index contributed by atoms with van der Waals surface area (Å²) >= 11 is 5.97. The van der Waals surface area contributed by atoms with Gasteiger partial charge in [-0.05, 0) is 67.6 Å². The Morgan fingerprint density at radius 1 is 1.18 bits per heavy atom. The molecular formula is C27H33ClN4O2. The van der Waals surface area contributed by atoms with Crippen molar-refractivity contribution in [2.45, 2.75) is 45.3 Å². The number of hydrogen-bond donors (Lipinski definition) is 2. The number of hydrogen-bond acceptors (Lipinski definition) is 6. The fourth-order valence-corrected chi connectivity index (χ4v) is 4.62. The molecule has 3 rings (SSSR count). The highest BCUT2D eigenvalue weighted by molar-refractivity contribution is 6.30. The average Bonchev–Trinajstić information content (AvgIpc) is 2.85. The molecule has 1 aliphatic heterocycles. The lowest BCUT2D eigenvalue weighted by atomic mass is 9.83. The van der Waals surface area contributed by atoms with Crippen LogP contribution in [0.3, 0.4) is 0 Å². The Kier molecular flexibility index (Phi) is 9.37. The van der Waals surface area contributed by atoms with E-state index < -0.39 is 12.1 Å². The molecule has 0 aromatic heterocycles. The van der Waals surface area contributed by atoms with Crippen LogP contribution in [0.4, 0.5) is 0 Å². The van der Waals surface area contributed by atoms with E-state index in [1.807, 2.05) is 44.2 Å². The monoisotopic (exact) mass is 480 g/mol. The number of nitrogens with one attached hydrogen (secondary N) is 1. The summed E-state index contributed by atoms with van der Waals surface area (Å²) in [6.45, 7) is 6.58. The quantitative estimate of drug-likeness (QED) is 0.501. The topological polar surface area (TPSA) is 99.2 Å². The summed E-state index contributed by atoms with van der Waals surface area (Å²) < 4.78 is 0. The van der Waals surface area contributed by atoms with Crippen molar-refractivity contribution in [2.24, 2.45) is 17.6 Å². The van der Waals surface area contributed by atoms with Gasteiger partial charge in [0, 0.05) is 17.1 Å². The van der Waals surface area contributed by atoms with Crippen LogP contribution < -0.4 is 11.1 Å². The largest absolute Gasteiger partial charge is 0.321 e. The number of ketones is 2. The molecular weight excluding hydrogens is 448 g/mol. The molecule has 1 fully saturated rings. The molecule has 2 atom stereocenters. The molecule has 0 bridgehead atoms. The minimum Gasteiger partial charge on any atom is -0.321 e. The number of piperidine rings is 1. The van der Waals surface area contributed by atoms with Gasteiger partial charge in [0.2, 0.25) is 0 Å². The maximum absolute atomic E-state index is 13.3. The molecule has 0 aliphatic carbocycles. The van der Waals surface area contributed by atoms with E-state index in [2.05, 4.69) is 10.2 Å². The van der Waals surface area contributed by atoms with Crippen molar-refractivity contribution >= 4 is 23.2 Å². The molecule has 3 N–H and O–H groups in total. The second kappa shape index (κ2) is 12.2. The normalized spacial score (nSPS) is 16.7. The zero-order valence-corrected chi connectivity index (χ0v) is 20.6. The van der Waals surface area contributed by atoms with Crippen molar-refractivity contribution in [3.05, 3.63) is 70.2 Å². The number of Topliss-reactive ketones (excluding diaryl/α,β-unsaturated/α-hetero) is 2. The Balaban J connectivity index is 1.53.